The van der Waals surface area contributed by atoms with Crippen LogP contribution < -0.4 is 0 Å². The molecule has 2 aromatic heterocycles. The molecule has 0 spiro atoms. The molecule has 1 unspecified atom stereocenters. The number of aryl methyl sites for hydroxylation is 2. The van der Waals surface area contributed by atoms with Crippen molar-refractivity contribution >= 4 is 5.91 Å². The number of aromatic nitrogens is 4. The second kappa shape index (κ2) is 7.78. The van der Waals surface area contributed by atoms with Crippen LogP contribution in [-0.4, -0.2) is 42.7 Å². The summed E-state index contributed by atoms with van der Waals surface area (Å²) in [6.07, 6.45) is 11.8. The molecule has 1 aliphatic heterocycles. The van der Waals surface area contributed by atoms with E-state index in [2.05, 4.69) is 19.5 Å². The highest BCUT2D eigenvalue weighted by Crippen LogP contribution is 2.23. The smallest absolute Gasteiger partial charge is 0.254 e. The van der Waals surface area contributed by atoms with Gasteiger partial charge in [-0.25, -0.2) is 9.67 Å². The number of likely N-dealkylation sites (tertiary alicyclic amines) is 1. The Morgan fingerprint density at radius 3 is 2.89 bits per heavy atom. The lowest BCUT2D eigenvalue weighted by Crippen LogP contribution is -2.44. The number of carbonyl (C=O) groups is 1. The first-order valence-electron chi connectivity index (χ1n) is 9.61. The van der Waals surface area contributed by atoms with Crippen LogP contribution in [0.5, 0.6) is 0 Å². The van der Waals surface area contributed by atoms with Crippen LogP contribution >= 0.6 is 0 Å². The molecule has 140 valence electrons. The molecule has 1 aliphatic rings. The van der Waals surface area contributed by atoms with Crippen LogP contribution in [0.15, 0.2) is 55.1 Å². The van der Waals surface area contributed by atoms with Gasteiger partial charge in [0, 0.05) is 49.5 Å². The predicted molar refractivity (Wildman–Crippen MR) is 104 cm³/mol. The highest BCUT2D eigenvalue weighted by molar-refractivity contribution is 5.95. The van der Waals surface area contributed by atoms with Crippen molar-refractivity contribution in [1.82, 2.24) is 24.2 Å². The molecule has 1 amide bonds. The van der Waals surface area contributed by atoms with Gasteiger partial charge in [0.05, 0.1) is 5.69 Å². The number of hydrogen-bond acceptors (Lipinski definition) is 3. The summed E-state index contributed by atoms with van der Waals surface area (Å²) in [6.45, 7) is 3.75. The van der Waals surface area contributed by atoms with Gasteiger partial charge in [-0.1, -0.05) is 6.07 Å². The van der Waals surface area contributed by atoms with E-state index in [0.717, 1.165) is 49.4 Å². The summed E-state index contributed by atoms with van der Waals surface area (Å²) in [6, 6.07) is 9.90. The molecule has 1 fully saturated rings. The molecule has 0 radical (unpaired) electrons. The number of nitrogens with zero attached hydrogens (tertiary/aromatic N) is 5. The number of rotatable bonds is 5. The Morgan fingerprint density at radius 1 is 1.19 bits per heavy atom. The Balaban J connectivity index is 1.50. The van der Waals surface area contributed by atoms with Crippen LogP contribution in [0.4, 0.5) is 0 Å². The van der Waals surface area contributed by atoms with Crippen LogP contribution in [0.3, 0.4) is 0 Å². The maximum atomic E-state index is 13.2. The van der Waals surface area contributed by atoms with E-state index in [1.165, 1.54) is 6.42 Å². The number of benzene rings is 1. The van der Waals surface area contributed by atoms with E-state index < -0.39 is 0 Å². The van der Waals surface area contributed by atoms with E-state index in [4.69, 9.17) is 0 Å². The van der Waals surface area contributed by atoms with Crippen molar-refractivity contribution in [2.75, 3.05) is 6.54 Å². The molecular formula is C21H25N5O. The lowest BCUT2D eigenvalue weighted by atomic mass is 9.98. The lowest BCUT2D eigenvalue weighted by Gasteiger charge is -2.36. The first-order valence-corrected chi connectivity index (χ1v) is 9.61. The van der Waals surface area contributed by atoms with Crippen LogP contribution in [-0.2, 0) is 6.54 Å². The van der Waals surface area contributed by atoms with E-state index in [9.17, 15) is 4.79 Å². The number of piperidine rings is 1. The van der Waals surface area contributed by atoms with Gasteiger partial charge in [0.1, 0.15) is 5.82 Å². The van der Waals surface area contributed by atoms with Crippen molar-refractivity contribution in [1.29, 1.82) is 0 Å². The molecule has 6 heteroatoms. The Bertz CT molecular complexity index is 899. The summed E-state index contributed by atoms with van der Waals surface area (Å²) >= 11 is 0. The van der Waals surface area contributed by atoms with Gasteiger partial charge in [0.15, 0.2) is 0 Å². The topological polar surface area (TPSA) is 56.0 Å². The monoisotopic (exact) mass is 363 g/mol. The first-order chi connectivity index (χ1) is 13.2. The lowest BCUT2D eigenvalue weighted by molar-refractivity contribution is 0.0595. The molecule has 3 heterocycles. The minimum absolute atomic E-state index is 0.121. The Labute approximate surface area is 159 Å². The van der Waals surface area contributed by atoms with E-state index in [1.54, 1.807) is 10.9 Å². The van der Waals surface area contributed by atoms with Gasteiger partial charge in [-0.05, 0) is 56.9 Å². The second-order valence-electron chi connectivity index (χ2n) is 7.11. The average molecular weight is 363 g/mol. The van der Waals surface area contributed by atoms with Crippen molar-refractivity contribution in [2.24, 2.45) is 0 Å². The average Bonchev–Trinajstić information content (AvgIpc) is 3.38. The van der Waals surface area contributed by atoms with Gasteiger partial charge in [0.25, 0.3) is 5.91 Å². The van der Waals surface area contributed by atoms with Gasteiger partial charge >= 0.3 is 0 Å². The van der Waals surface area contributed by atoms with E-state index in [1.807, 2.05) is 55.8 Å². The quantitative estimate of drug-likeness (QED) is 0.697. The molecule has 1 aromatic carbocycles. The fourth-order valence-electron chi connectivity index (χ4n) is 3.87. The van der Waals surface area contributed by atoms with Crippen molar-refractivity contribution < 1.29 is 4.79 Å². The van der Waals surface area contributed by atoms with Crippen molar-refractivity contribution in [3.05, 3.63) is 66.5 Å². The number of carbonyl (C=O) groups excluding carboxylic acids is 1. The largest absolute Gasteiger partial charge is 0.336 e. The fraction of sp³-hybridized carbons (Fsp3) is 0.381. The first kappa shape index (κ1) is 17.5. The number of hydrogen-bond donors (Lipinski definition) is 0. The Morgan fingerprint density at radius 2 is 2.11 bits per heavy atom. The summed E-state index contributed by atoms with van der Waals surface area (Å²) in [5.41, 5.74) is 1.64. The molecule has 4 rings (SSSR count). The van der Waals surface area contributed by atoms with Crippen LogP contribution in [0.2, 0.25) is 0 Å². The summed E-state index contributed by atoms with van der Waals surface area (Å²) in [4.78, 5) is 19.6. The highest BCUT2D eigenvalue weighted by atomic mass is 16.2. The van der Waals surface area contributed by atoms with E-state index >= 15 is 0 Å². The molecule has 3 aromatic rings. The molecule has 1 saturated heterocycles. The van der Waals surface area contributed by atoms with E-state index in [-0.39, 0.29) is 11.9 Å². The van der Waals surface area contributed by atoms with Crippen LogP contribution in [0.25, 0.3) is 5.69 Å². The predicted octanol–water partition coefficient (Wildman–Crippen LogP) is 3.46. The van der Waals surface area contributed by atoms with E-state index in [0.29, 0.717) is 0 Å². The summed E-state index contributed by atoms with van der Waals surface area (Å²) in [5.74, 6) is 1.15. The third-order valence-electron chi connectivity index (χ3n) is 5.38. The Hall–Kier alpha value is -2.89. The molecular weight excluding hydrogens is 338 g/mol. The molecule has 1 atom stereocenters. The second-order valence-corrected chi connectivity index (χ2v) is 7.11. The third kappa shape index (κ3) is 3.79. The molecule has 0 saturated carbocycles. The zero-order valence-corrected chi connectivity index (χ0v) is 15.7. The molecule has 0 aliphatic carbocycles. The summed E-state index contributed by atoms with van der Waals surface area (Å²) in [7, 11) is 0. The fourth-order valence-corrected chi connectivity index (χ4v) is 3.87. The molecule has 0 N–H and O–H groups in total. The third-order valence-corrected chi connectivity index (χ3v) is 5.38. The molecule has 6 nitrogen and oxygen atoms in total. The normalized spacial score (nSPS) is 17.2. The van der Waals surface area contributed by atoms with Gasteiger partial charge in [-0.3, -0.25) is 4.79 Å². The van der Waals surface area contributed by atoms with Gasteiger partial charge < -0.3 is 9.47 Å². The summed E-state index contributed by atoms with van der Waals surface area (Å²) in [5, 5.41) is 4.26. The maximum Gasteiger partial charge on any atom is 0.254 e. The number of imidazole rings is 1. The van der Waals surface area contributed by atoms with Crippen LogP contribution in [0.1, 0.15) is 41.9 Å². The summed E-state index contributed by atoms with van der Waals surface area (Å²) < 4.78 is 3.95. The van der Waals surface area contributed by atoms with Crippen molar-refractivity contribution in [3.63, 3.8) is 0 Å². The zero-order valence-electron chi connectivity index (χ0n) is 15.7. The SMILES string of the molecule is Cc1nccn1CCC1CCCCN1C(=O)c1cccc(-n2cccn2)c1. The van der Waals surface area contributed by atoms with Crippen molar-refractivity contribution in [2.45, 2.75) is 45.2 Å². The minimum atomic E-state index is 0.121. The van der Waals surface area contributed by atoms with Gasteiger partial charge in [-0.15, -0.1) is 0 Å². The molecule has 27 heavy (non-hydrogen) atoms. The maximum absolute atomic E-state index is 13.2. The zero-order chi connectivity index (χ0) is 18.6. The van der Waals surface area contributed by atoms with Crippen molar-refractivity contribution in [3.8, 4) is 5.69 Å². The molecule has 0 bridgehead atoms. The standard InChI is InChI=1S/C21H25N5O/c1-17-22-11-15-24(17)14-9-19-7-2-3-12-25(19)21(27)18-6-4-8-20(16-18)26-13-5-10-23-26/h4-6,8,10-11,13,15-16,19H,2-3,7,9,12,14H2,1H3. The number of amides is 1. The van der Waals surface area contributed by atoms with Gasteiger partial charge in [0.2, 0.25) is 0 Å². The Kier molecular flexibility index (Phi) is 5.05. The van der Waals surface area contributed by atoms with Gasteiger partial charge in [-0.2, -0.15) is 5.10 Å². The highest BCUT2D eigenvalue weighted by Gasteiger charge is 2.27. The minimum Gasteiger partial charge on any atom is -0.336 e. The van der Waals surface area contributed by atoms with Crippen LogP contribution in [0, 0.1) is 6.92 Å².